The molecule has 1 amide bonds. The number of aromatic nitrogens is 2. The van der Waals surface area contributed by atoms with E-state index in [2.05, 4.69) is 10.1 Å². The van der Waals surface area contributed by atoms with Crippen LogP contribution < -0.4 is 0 Å². The molecule has 2 aromatic carbocycles. The highest BCUT2D eigenvalue weighted by atomic mass is 35.5. The van der Waals surface area contributed by atoms with Crippen LogP contribution in [0, 0.1) is 0 Å². The zero-order valence-corrected chi connectivity index (χ0v) is 16.9. The monoisotopic (exact) mass is 421 g/mol. The Kier molecular flexibility index (Phi) is 6.77. The Balaban J connectivity index is 1.51. The van der Waals surface area contributed by atoms with E-state index in [9.17, 15) is 4.79 Å². The van der Waals surface area contributed by atoms with Gasteiger partial charge in [-0.25, -0.2) is 0 Å². The molecule has 0 spiro atoms. The van der Waals surface area contributed by atoms with Crippen molar-refractivity contribution in [2.75, 3.05) is 12.8 Å². The molecule has 3 aromatic rings. The van der Waals surface area contributed by atoms with Gasteiger partial charge in [-0.05, 0) is 35.9 Å². The van der Waals surface area contributed by atoms with E-state index >= 15 is 0 Å². The van der Waals surface area contributed by atoms with Crippen molar-refractivity contribution in [3.63, 3.8) is 0 Å². The third kappa shape index (κ3) is 5.48. The van der Waals surface area contributed by atoms with Crippen molar-refractivity contribution < 1.29 is 9.32 Å². The number of hydrogen-bond donors (Lipinski definition) is 0. The Morgan fingerprint density at radius 1 is 1.15 bits per heavy atom. The van der Waals surface area contributed by atoms with Crippen LogP contribution in [-0.2, 0) is 17.1 Å². The van der Waals surface area contributed by atoms with Gasteiger partial charge in [-0.2, -0.15) is 4.98 Å². The molecular weight excluding hydrogens is 405 g/mol. The van der Waals surface area contributed by atoms with Crippen LogP contribution in [0.4, 0.5) is 0 Å². The third-order valence-electron chi connectivity index (χ3n) is 3.81. The van der Waals surface area contributed by atoms with Gasteiger partial charge < -0.3 is 9.42 Å². The van der Waals surface area contributed by atoms with Gasteiger partial charge in [-0.3, -0.25) is 4.79 Å². The highest BCUT2D eigenvalue weighted by Crippen LogP contribution is 2.21. The van der Waals surface area contributed by atoms with Crippen molar-refractivity contribution in [3.8, 4) is 11.4 Å². The number of benzene rings is 2. The molecule has 0 saturated carbocycles. The number of amides is 1. The Bertz CT molecular complexity index is 915. The topological polar surface area (TPSA) is 59.2 Å². The number of nitrogens with zero attached hydrogens (tertiary/aromatic N) is 3. The van der Waals surface area contributed by atoms with E-state index in [0.717, 1.165) is 11.1 Å². The van der Waals surface area contributed by atoms with Gasteiger partial charge in [-0.15, -0.1) is 11.8 Å². The SMILES string of the molecule is CN(Cc1nc(-c2ccc(Cl)cc2)no1)C(=O)CSCc1ccccc1Cl. The molecule has 0 bridgehead atoms. The lowest BCUT2D eigenvalue weighted by molar-refractivity contribution is -0.127. The number of rotatable bonds is 7. The number of carbonyl (C=O) groups is 1. The lowest BCUT2D eigenvalue weighted by atomic mass is 10.2. The zero-order chi connectivity index (χ0) is 19.2. The second-order valence-corrected chi connectivity index (χ2v) is 7.68. The molecule has 0 aliphatic heterocycles. The van der Waals surface area contributed by atoms with Crippen LogP contribution in [0.2, 0.25) is 10.0 Å². The van der Waals surface area contributed by atoms with E-state index in [1.165, 1.54) is 11.8 Å². The smallest absolute Gasteiger partial charge is 0.246 e. The summed E-state index contributed by atoms with van der Waals surface area (Å²) >= 11 is 13.5. The summed E-state index contributed by atoms with van der Waals surface area (Å²) in [5.74, 6) is 1.86. The largest absolute Gasteiger partial charge is 0.337 e. The molecule has 0 aliphatic carbocycles. The fourth-order valence-corrected chi connectivity index (χ4v) is 3.68. The first-order chi connectivity index (χ1) is 13.0. The normalized spacial score (nSPS) is 10.8. The van der Waals surface area contributed by atoms with Crippen LogP contribution in [0.5, 0.6) is 0 Å². The first kappa shape index (κ1) is 19.7. The van der Waals surface area contributed by atoms with Gasteiger partial charge in [0.05, 0.1) is 12.3 Å². The van der Waals surface area contributed by atoms with Crippen molar-refractivity contribution in [1.29, 1.82) is 0 Å². The van der Waals surface area contributed by atoms with Gasteiger partial charge in [0.15, 0.2) is 0 Å². The maximum absolute atomic E-state index is 12.3. The van der Waals surface area contributed by atoms with Gasteiger partial charge >= 0.3 is 0 Å². The van der Waals surface area contributed by atoms with Gasteiger partial charge in [0.1, 0.15) is 0 Å². The predicted molar refractivity (Wildman–Crippen MR) is 109 cm³/mol. The summed E-state index contributed by atoms with van der Waals surface area (Å²) in [4.78, 5) is 18.2. The molecule has 1 heterocycles. The van der Waals surface area contributed by atoms with E-state index in [1.54, 1.807) is 24.1 Å². The van der Waals surface area contributed by atoms with Crippen LogP contribution in [0.1, 0.15) is 11.5 Å². The number of halogens is 2. The molecule has 27 heavy (non-hydrogen) atoms. The van der Waals surface area contributed by atoms with Crippen molar-refractivity contribution in [2.45, 2.75) is 12.3 Å². The lowest BCUT2D eigenvalue weighted by Gasteiger charge is -2.14. The zero-order valence-electron chi connectivity index (χ0n) is 14.6. The van der Waals surface area contributed by atoms with Crippen LogP contribution in [0.25, 0.3) is 11.4 Å². The first-order valence-electron chi connectivity index (χ1n) is 8.16. The van der Waals surface area contributed by atoms with Gasteiger partial charge in [0.2, 0.25) is 17.6 Å². The van der Waals surface area contributed by atoms with Crippen LogP contribution in [0.15, 0.2) is 53.1 Å². The van der Waals surface area contributed by atoms with Crippen LogP contribution in [-0.4, -0.2) is 33.7 Å². The molecule has 8 heteroatoms. The van der Waals surface area contributed by atoms with Crippen molar-refractivity contribution in [2.24, 2.45) is 0 Å². The third-order valence-corrected chi connectivity index (χ3v) is 5.40. The number of carbonyl (C=O) groups excluding carboxylic acids is 1. The Morgan fingerprint density at radius 2 is 1.89 bits per heavy atom. The summed E-state index contributed by atoms with van der Waals surface area (Å²) in [5, 5.41) is 5.31. The average molecular weight is 422 g/mol. The van der Waals surface area contributed by atoms with Crippen molar-refractivity contribution in [1.82, 2.24) is 15.0 Å². The Morgan fingerprint density at radius 3 is 2.63 bits per heavy atom. The molecule has 140 valence electrons. The second kappa shape index (κ2) is 9.26. The minimum atomic E-state index is -0.0155. The molecule has 0 aliphatic rings. The summed E-state index contributed by atoms with van der Waals surface area (Å²) in [6.45, 7) is 0.256. The van der Waals surface area contributed by atoms with E-state index in [-0.39, 0.29) is 12.5 Å². The highest BCUT2D eigenvalue weighted by Gasteiger charge is 2.15. The molecule has 0 atom stereocenters. The van der Waals surface area contributed by atoms with Crippen LogP contribution in [0.3, 0.4) is 0 Å². The average Bonchev–Trinajstić information content (AvgIpc) is 3.12. The maximum Gasteiger partial charge on any atom is 0.246 e. The molecular formula is C19H17Cl2N3O2S. The molecule has 0 fully saturated rings. The second-order valence-electron chi connectivity index (χ2n) is 5.85. The van der Waals surface area contributed by atoms with E-state index in [0.29, 0.717) is 33.3 Å². The fourth-order valence-electron chi connectivity index (χ4n) is 2.30. The number of thioether (sulfide) groups is 1. The molecule has 0 saturated heterocycles. The molecule has 0 radical (unpaired) electrons. The predicted octanol–water partition coefficient (Wildman–Crippen LogP) is 4.94. The molecule has 0 unspecified atom stereocenters. The van der Waals surface area contributed by atoms with Crippen molar-refractivity contribution in [3.05, 3.63) is 70.0 Å². The lowest BCUT2D eigenvalue weighted by Crippen LogP contribution is -2.28. The highest BCUT2D eigenvalue weighted by molar-refractivity contribution is 7.99. The van der Waals surface area contributed by atoms with Crippen LogP contribution >= 0.6 is 35.0 Å². The summed E-state index contributed by atoms with van der Waals surface area (Å²) in [6, 6.07) is 14.8. The first-order valence-corrected chi connectivity index (χ1v) is 10.1. The maximum atomic E-state index is 12.3. The standard InChI is InChI=1S/C19H17Cl2N3O2S/c1-24(18(25)12-27-11-14-4-2-3-5-16(14)21)10-17-22-19(23-26-17)13-6-8-15(20)9-7-13/h2-9H,10-12H2,1H3. The van der Waals surface area contributed by atoms with Crippen molar-refractivity contribution >= 4 is 40.9 Å². The molecule has 0 N–H and O–H groups in total. The van der Waals surface area contributed by atoms with E-state index in [1.807, 2.05) is 36.4 Å². The molecule has 1 aromatic heterocycles. The summed E-state index contributed by atoms with van der Waals surface area (Å²) in [6.07, 6.45) is 0. The fraction of sp³-hybridized carbons (Fsp3) is 0.211. The minimum absolute atomic E-state index is 0.0155. The van der Waals surface area contributed by atoms with E-state index < -0.39 is 0 Å². The quantitative estimate of drug-likeness (QED) is 0.540. The Labute approximate surface area is 171 Å². The summed E-state index contributed by atoms with van der Waals surface area (Å²) in [7, 11) is 1.71. The molecule has 3 rings (SSSR count). The van der Waals surface area contributed by atoms with Gasteiger partial charge in [-0.1, -0.05) is 46.6 Å². The minimum Gasteiger partial charge on any atom is -0.337 e. The van der Waals surface area contributed by atoms with Gasteiger partial charge in [0, 0.05) is 28.4 Å². The van der Waals surface area contributed by atoms with Gasteiger partial charge in [0.25, 0.3) is 0 Å². The van der Waals surface area contributed by atoms with E-state index in [4.69, 9.17) is 27.7 Å². The Hall–Kier alpha value is -2.02. The summed E-state index contributed by atoms with van der Waals surface area (Å²) < 4.78 is 5.25. The number of hydrogen-bond acceptors (Lipinski definition) is 5. The molecule has 5 nitrogen and oxygen atoms in total. The summed E-state index contributed by atoms with van der Waals surface area (Å²) in [5.41, 5.74) is 1.82.